The number of nitrogens with one attached hydrogen (secondary N) is 2. The van der Waals surface area contributed by atoms with Gasteiger partial charge in [0.25, 0.3) is 0 Å². The number of allylic oxidation sites excluding steroid dienone is 1. The molecular weight excluding hydrogens is 388 g/mol. The fraction of sp³-hybridized carbons (Fsp3) is 0.346. The smallest absolute Gasteiger partial charge is 0.235 e. The molecule has 0 bridgehead atoms. The summed E-state index contributed by atoms with van der Waals surface area (Å²) in [6.45, 7) is 10.8. The van der Waals surface area contributed by atoms with Crippen molar-refractivity contribution in [2.75, 3.05) is 12.1 Å². The molecule has 2 aromatic carbocycles. The Kier molecular flexibility index (Phi) is 4.40. The number of carbonyl (C=O) groups is 1. The summed E-state index contributed by atoms with van der Waals surface area (Å²) in [6, 6.07) is 11.9. The number of ether oxygens (including phenoxy) is 2. The van der Waals surface area contributed by atoms with Gasteiger partial charge in [-0.1, -0.05) is 32.9 Å². The van der Waals surface area contributed by atoms with Crippen molar-refractivity contribution in [1.29, 1.82) is 0 Å². The number of hydrogen-bond acceptors (Lipinski definition) is 3. The molecule has 2 N–H and O–H groups in total. The molecule has 0 saturated heterocycles. The number of rotatable bonds is 5. The summed E-state index contributed by atoms with van der Waals surface area (Å²) in [5.41, 5.74) is 4.84. The number of hydrogen-bond donors (Lipinski definition) is 2. The lowest BCUT2D eigenvalue weighted by atomic mass is 9.88. The average Bonchev–Trinajstić information content (AvgIpc) is 3.27. The Morgan fingerprint density at radius 2 is 1.94 bits per heavy atom. The number of anilines is 1. The first-order chi connectivity index (χ1) is 14.8. The summed E-state index contributed by atoms with van der Waals surface area (Å²) in [6.07, 6.45) is 4.38. The van der Waals surface area contributed by atoms with Crippen LogP contribution in [0.4, 0.5) is 5.69 Å². The number of aromatic amines is 1. The van der Waals surface area contributed by atoms with Gasteiger partial charge in [0, 0.05) is 27.7 Å². The minimum absolute atomic E-state index is 0.00179. The van der Waals surface area contributed by atoms with Gasteiger partial charge in [0.05, 0.1) is 5.41 Å². The summed E-state index contributed by atoms with van der Waals surface area (Å²) in [7, 11) is 0. The minimum Gasteiger partial charge on any atom is -0.454 e. The van der Waals surface area contributed by atoms with Crippen LogP contribution in [0.15, 0.2) is 49.1 Å². The maximum absolute atomic E-state index is 13.3. The van der Waals surface area contributed by atoms with Gasteiger partial charge in [-0.25, -0.2) is 0 Å². The predicted molar refractivity (Wildman–Crippen MR) is 123 cm³/mol. The van der Waals surface area contributed by atoms with Crippen molar-refractivity contribution in [3.8, 4) is 11.5 Å². The molecule has 3 aromatic rings. The van der Waals surface area contributed by atoms with Crippen molar-refractivity contribution in [2.24, 2.45) is 0 Å². The van der Waals surface area contributed by atoms with Gasteiger partial charge in [-0.2, -0.15) is 0 Å². The first-order valence-corrected chi connectivity index (χ1v) is 10.8. The van der Waals surface area contributed by atoms with Crippen LogP contribution in [0.5, 0.6) is 11.5 Å². The van der Waals surface area contributed by atoms with E-state index in [1.807, 2.05) is 36.4 Å². The Bertz CT molecular complexity index is 1200. The van der Waals surface area contributed by atoms with Crippen molar-refractivity contribution in [1.82, 2.24) is 4.98 Å². The third-order valence-corrected chi connectivity index (χ3v) is 6.37. The first-order valence-electron chi connectivity index (χ1n) is 10.8. The Morgan fingerprint density at radius 1 is 1.16 bits per heavy atom. The fourth-order valence-corrected chi connectivity index (χ4v) is 4.54. The molecule has 1 fully saturated rings. The molecule has 2 aliphatic rings. The molecule has 1 aromatic heterocycles. The molecule has 5 nitrogen and oxygen atoms in total. The second kappa shape index (κ2) is 6.91. The molecule has 5 heteroatoms. The summed E-state index contributed by atoms with van der Waals surface area (Å²) in [4.78, 5) is 16.9. The third-order valence-electron chi connectivity index (χ3n) is 6.37. The molecule has 1 amide bonds. The topological polar surface area (TPSA) is 63.4 Å². The highest BCUT2D eigenvalue weighted by molar-refractivity contribution is 6.03. The fourth-order valence-electron chi connectivity index (χ4n) is 4.54. The van der Waals surface area contributed by atoms with Gasteiger partial charge in [0.15, 0.2) is 11.5 Å². The second-order valence-corrected chi connectivity index (χ2v) is 9.59. The van der Waals surface area contributed by atoms with E-state index >= 15 is 0 Å². The van der Waals surface area contributed by atoms with Gasteiger partial charge >= 0.3 is 0 Å². The van der Waals surface area contributed by atoms with Crippen molar-refractivity contribution in [3.63, 3.8) is 0 Å². The van der Waals surface area contributed by atoms with Crippen molar-refractivity contribution in [3.05, 3.63) is 65.9 Å². The highest BCUT2D eigenvalue weighted by atomic mass is 16.7. The minimum atomic E-state index is -0.491. The lowest BCUT2D eigenvalue weighted by Crippen LogP contribution is -2.27. The molecule has 0 radical (unpaired) electrons. The Labute approximate surface area is 182 Å². The SMILES string of the molecule is C=CCc1c(C(C)(C)C)[nH]c2ccc(NC(=O)C3(c4ccc5c(c4)OCO5)CC3)cc12. The second-order valence-electron chi connectivity index (χ2n) is 9.59. The monoisotopic (exact) mass is 416 g/mol. The van der Waals surface area contributed by atoms with E-state index in [1.165, 1.54) is 11.3 Å². The van der Waals surface area contributed by atoms with Crippen LogP contribution in [-0.2, 0) is 22.0 Å². The molecule has 2 heterocycles. The number of benzene rings is 2. The summed E-state index contributed by atoms with van der Waals surface area (Å²) in [5.74, 6) is 1.49. The van der Waals surface area contributed by atoms with Crippen LogP contribution < -0.4 is 14.8 Å². The molecule has 160 valence electrons. The van der Waals surface area contributed by atoms with Crippen LogP contribution in [0.2, 0.25) is 0 Å². The van der Waals surface area contributed by atoms with Crippen molar-refractivity contribution >= 4 is 22.5 Å². The van der Waals surface area contributed by atoms with Crippen molar-refractivity contribution in [2.45, 2.75) is 50.9 Å². The molecule has 5 rings (SSSR count). The van der Waals surface area contributed by atoms with Crippen LogP contribution >= 0.6 is 0 Å². The molecule has 0 spiro atoms. The van der Waals surface area contributed by atoms with Crippen LogP contribution in [0.3, 0.4) is 0 Å². The van der Waals surface area contributed by atoms with Gasteiger partial charge < -0.3 is 19.8 Å². The zero-order valence-corrected chi connectivity index (χ0v) is 18.3. The third kappa shape index (κ3) is 3.29. The number of fused-ring (bicyclic) bond motifs is 2. The number of H-pyrrole nitrogens is 1. The zero-order chi connectivity index (χ0) is 21.8. The van der Waals surface area contributed by atoms with Crippen molar-refractivity contribution < 1.29 is 14.3 Å². The first kappa shape index (κ1) is 19.7. The maximum Gasteiger partial charge on any atom is 0.235 e. The number of aromatic nitrogens is 1. The largest absolute Gasteiger partial charge is 0.454 e. The van der Waals surface area contributed by atoms with E-state index in [2.05, 4.69) is 43.7 Å². The standard InChI is InChI=1S/C26H28N2O3/c1-5-6-18-19-14-17(8-9-20(19)28-23(18)25(2,3)4)27-24(29)26(11-12-26)16-7-10-21-22(13-16)31-15-30-21/h5,7-10,13-14,28H,1,6,11-12,15H2,2-4H3,(H,27,29). The summed E-state index contributed by atoms with van der Waals surface area (Å²) >= 11 is 0. The number of amides is 1. The van der Waals surface area contributed by atoms with Crippen LogP contribution in [0.1, 0.15) is 50.4 Å². The van der Waals surface area contributed by atoms with Crippen LogP contribution in [0, 0.1) is 0 Å². The summed E-state index contributed by atoms with van der Waals surface area (Å²) in [5, 5.41) is 4.30. The van der Waals surface area contributed by atoms with E-state index in [0.717, 1.165) is 47.2 Å². The van der Waals surface area contributed by atoms with E-state index in [0.29, 0.717) is 5.75 Å². The predicted octanol–water partition coefficient (Wildman–Crippen LogP) is 5.59. The van der Waals surface area contributed by atoms with E-state index < -0.39 is 5.41 Å². The van der Waals surface area contributed by atoms with Gasteiger partial charge in [0.1, 0.15) is 0 Å². The number of carbonyl (C=O) groups excluding carboxylic acids is 1. The van der Waals surface area contributed by atoms with E-state index in [1.54, 1.807) is 0 Å². The molecule has 1 aliphatic heterocycles. The van der Waals surface area contributed by atoms with Crippen LogP contribution in [-0.4, -0.2) is 17.7 Å². The van der Waals surface area contributed by atoms with Gasteiger partial charge in [0.2, 0.25) is 12.7 Å². The lowest BCUT2D eigenvalue weighted by molar-refractivity contribution is -0.118. The van der Waals surface area contributed by atoms with Crippen LogP contribution in [0.25, 0.3) is 10.9 Å². The maximum atomic E-state index is 13.3. The highest BCUT2D eigenvalue weighted by Gasteiger charge is 2.51. The Hall–Kier alpha value is -3.21. The molecule has 0 unspecified atom stereocenters. The summed E-state index contributed by atoms with van der Waals surface area (Å²) < 4.78 is 10.9. The Morgan fingerprint density at radius 3 is 2.65 bits per heavy atom. The van der Waals surface area contributed by atoms with Gasteiger partial charge in [-0.15, -0.1) is 6.58 Å². The zero-order valence-electron chi connectivity index (χ0n) is 18.3. The lowest BCUT2D eigenvalue weighted by Gasteiger charge is -2.19. The Balaban J connectivity index is 1.45. The molecule has 1 saturated carbocycles. The molecule has 1 aliphatic carbocycles. The van der Waals surface area contributed by atoms with Gasteiger partial charge in [-0.3, -0.25) is 4.79 Å². The normalized spacial score (nSPS) is 16.4. The highest BCUT2D eigenvalue weighted by Crippen LogP contribution is 2.51. The quantitative estimate of drug-likeness (QED) is 0.533. The van der Waals surface area contributed by atoms with E-state index in [-0.39, 0.29) is 18.1 Å². The average molecular weight is 417 g/mol. The molecule has 31 heavy (non-hydrogen) atoms. The molecule has 0 atom stereocenters. The van der Waals surface area contributed by atoms with E-state index in [4.69, 9.17) is 9.47 Å². The van der Waals surface area contributed by atoms with E-state index in [9.17, 15) is 4.79 Å². The molecular formula is C26H28N2O3. The van der Waals surface area contributed by atoms with Gasteiger partial charge in [-0.05, 0) is 60.7 Å².